The molecule has 3 nitrogen and oxygen atoms in total. The minimum atomic E-state index is 0.565. The number of aryl methyl sites for hydroxylation is 1. The van der Waals surface area contributed by atoms with Crippen LogP contribution in [-0.4, -0.2) is 33.5 Å². The highest BCUT2D eigenvalue weighted by atomic mass is 35.5. The fourth-order valence-electron chi connectivity index (χ4n) is 2.05. The molecular weight excluding hydrogens is 242 g/mol. The third kappa shape index (κ3) is 2.24. The average Bonchev–Trinajstić information content (AvgIpc) is 2.46. The highest BCUT2D eigenvalue weighted by Crippen LogP contribution is 2.30. The molecule has 5 heteroatoms. The molecule has 0 saturated heterocycles. The summed E-state index contributed by atoms with van der Waals surface area (Å²) in [6.45, 7) is 7.50. The summed E-state index contributed by atoms with van der Waals surface area (Å²) < 4.78 is 2.08. The van der Waals surface area contributed by atoms with Crippen LogP contribution in [-0.2, 0) is 13.1 Å². The minimum Gasteiger partial charge on any atom is -0.295 e. The molecule has 0 spiro atoms. The number of aromatic nitrogens is 2. The van der Waals surface area contributed by atoms with Gasteiger partial charge in [-0.2, -0.15) is 5.10 Å². The Balaban J connectivity index is 2.31. The van der Waals surface area contributed by atoms with Crippen molar-refractivity contribution in [1.82, 2.24) is 14.7 Å². The number of hydrogen-bond donors (Lipinski definition) is 0. The van der Waals surface area contributed by atoms with Crippen molar-refractivity contribution in [1.29, 1.82) is 0 Å². The molecule has 90 valence electrons. The zero-order chi connectivity index (χ0) is 11.7. The summed E-state index contributed by atoms with van der Waals surface area (Å²) in [6, 6.07) is 0.565. The van der Waals surface area contributed by atoms with Crippen molar-refractivity contribution in [3.63, 3.8) is 0 Å². The van der Waals surface area contributed by atoms with Gasteiger partial charge in [-0.25, -0.2) is 0 Å². The summed E-state index contributed by atoms with van der Waals surface area (Å²) in [5, 5.41) is 6.35. The van der Waals surface area contributed by atoms with E-state index in [0.29, 0.717) is 6.04 Å². The summed E-state index contributed by atoms with van der Waals surface area (Å²) in [7, 11) is 0. The van der Waals surface area contributed by atoms with E-state index in [-0.39, 0.29) is 0 Å². The van der Waals surface area contributed by atoms with Gasteiger partial charge in [0.15, 0.2) is 0 Å². The monoisotopic (exact) mass is 259 g/mol. The number of thioether (sulfide) groups is 1. The van der Waals surface area contributed by atoms with Crippen LogP contribution in [0.2, 0.25) is 5.02 Å². The number of rotatable bonds is 2. The maximum Gasteiger partial charge on any atom is 0.137 e. The first-order chi connectivity index (χ1) is 7.63. The van der Waals surface area contributed by atoms with Gasteiger partial charge in [0.2, 0.25) is 0 Å². The van der Waals surface area contributed by atoms with E-state index < -0.39 is 0 Å². The molecule has 0 aromatic carbocycles. The molecular formula is C11H18ClN3S. The molecule has 0 bridgehead atoms. The second-order valence-corrected chi connectivity index (χ2v) is 5.58. The van der Waals surface area contributed by atoms with Crippen LogP contribution in [0.15, 0.2) is 5.03 Å². The van der Waals surface area contributed by atoms with Crippen LogP contribution < -0.4 is 0 Å². The Labute approximate surface area is 106 Å². The highest BCUT2D eigenvalue weighted by molar-refractivity contribution is 7.98. The third-order valence-electron chi connectivity index (χ3n) is 3.06. The van der Waals surface area contributed by atoms with E-state index in [2.05, 4.69) is 28.5 Å². The smallest absolute Gasteiger partial charge is 0.137 e. The molecule has 0 unspecified atom stereocenters. The Morgan fingerprint density at radius 2 is 2.12 bits per heavy atom. The molecule has 0 amide bonds. The summed E-state index contributed by atoms with van der Waals surface area (Å²) in [5.41, 5.74) is 1.18. The van der Waals surface area contributed by atoms with Crippen LogP contribution in [0, 0.1) is 0 Å². The number of halogens is 1. The summed E-state index contributed by atoms with van der Waals surface area (Å²) in [6.07, 6.45) is 3.17. The predicted octanol–water partition coefficient (Wildman–Crippen LogP) is 2.87. The topological polar surface area (TPSA) is 21.1 Å². The van der Waals surface area contributed by atoms with Gasteiger partial charge >= 0.3 is 0 Å². The van der Waals surface area contributed by atoms with Crippen molar-refractivity contribution in [2.75, 3.05) is 12.8 Å². The van der Waals surface area contributed by atoms with E-state index in [4.69, 9.17) is 11.6 Å². The van der Waals surface area contributed by atoms with Crippen LogP contribution in [0.5, 0.6) is 0 Å². The van der Waals surface area contributed by atoms with E-state index >= 15 is 0 Å². The Bertz CT molecular complexity index is 376. The summed E-state index contributed by atoms with van der Waals surface area (Å²) in [5.74, 6) is 0. The molecule has 0 N–H and O–H groups in total. The number of hydrogen-bond acceptors (Lipinski definition) is 3. The molecule has 16 heavy (non-hydrogen) atoms. The van der Waals surface area contributed by atoms with E-state index in [1.54, 1.807) is 11.8 Å². The molecule has 0 aliphatic carbocycles. The standard InChI is InChI=1S/C11H18ClN3S/c1-8(2)14-5-4-6-15-9(7-14)10(12)11(13-15)16-3/h8H,4-7H2,1-3H3. The van der Waals surface area contributed by atoms with Crippen LogP contribution >= 0.6 is 23.4 Å². The van der Waals surface area contributed by atoms with Crippen molar-refractivity contribution in [3.8, 4) is 0 Å². The van der Waals surface area contributed by atoms with Gasteiger partial charge in [0.1, 0.15) is 5.03 Å². The van der Waals surface area contributed by atoms with Crippen molar-refractivity contribution >= 4 is 23.4 Å². The Kier molecular flexibility index (Phi) is 3.82. The Hall–Kier alpha value is -0.190. The summed E-state index contributed by atoms with van der Waals surface area (Å²) >= 11 is 7.98. The predicted molar refractivity (Wildman–Crippen MR) is 69.2 cm³/mol. The van der Waals surface area contributed by atoms with Crippen LogP contribution in [0.3, 0.4) is 0 Å². The quantitative estimate of drug-likeness (QED) is 0.762. The largest absolute Gasteiger partial charge is 0.295 e. The number of fused-ring (bicyclic) bond motifs is 1. The van der Waals surface area contributed by atoms with Gasteiger partial charge in [0, 0.05) is 25.7 Å². The van der Waals surface area contributed by atoms with Gasteiger partial charge < -0.3 is 0 Å². The normalized spacial score (nSPS) is 17.6. The lowest BCUT2D eigenvalue weighted by Crippen LogP contribution is -2.30. The lowest BCUT2D eigenvalue weighted by Gasteiger charge is -2.23. The second-order valence-electron chi connectivity index (χ2n) is 4.41. The van der Waals surface area contributed by atoms with Gasteiger partial charge in [-0.05, 0) is 26.5 Å². The molecule has 0 radical (unpaired) electrons. The molecule has 1 aromatic rings. The average molecular weight is 260 g/mol. The fraction of sp³-hybridized carbons (Fsp3) is 0.727. The van der Waals surface area contributed by atoms with Gasteiger partial charge in [-0.1, -0.05) is 11.6 Å². The molecule has 1 aliphatic heterocycles. The first-order valence-electron chi connectivity index (χ1n) is 5.66. The van der Waals surface area contributed by atoms with Gasteiger partial charge in [0.05, 0.1) is 10.7 Å². The maximum absolute atomic E-state index is 6.35. The lowest BCUT2D eigenvalue weighted by molar-refractivity contribution is 0.216. The zero-order valence-electron chi connectivity index (χ0n) is 10.0. The highest BCUT2D eigenvalue weighted by Gasteiger charge is 2.22. The number of nitrogens with zero attached hydrogens (tertiary/aromatic N) is 3. The second kappa shape index (κ2) is 4.98. The molecule has 1 aromatic heterocycles. The SMILES string of the molecule is CSc1nn2c(c1Cl)CN(C(C)C)CCC2. The fourth-order valence-corrected chi connectivity index (χ4v) is 2.96. The molecule has 1 aliphatic rings. The maximum atomic E-state index is 6.35. The van der Waals surface area contributed by atoms with Crippen LogP contribution in [0.1, 0.15) is 26.0 Å². The Morgan fingerprint density at radius 3 is 2.75 bits per heavy atom. The van der Waals surface area contributed by atoms with E-state index in [1.807, 2.05) is 6.26 Å². The minimum absolute atomic E-state index is 0.565. The van der Waals surface area contributed by atoms with E-state index in [0.717, 1.165) is 36.1 Å². The van der Waals surface area contributed by atoms with Gasteiger partial charge in [-0.15, -0.1) is 11.8 Å². The van der Waals surface area contributed by atoms with Crippen molar-refractivity contribution in [2.45, 2.75) is 44.4 Å². The van der Waals surface area contributed by atoms with Crippen LogP contribution in [0.4, 0.5) is 0 Å². The van der Waals surface area contributed by atoms with Crippen molar-refractivity contribution < 1.29 is 0 Å². The van der Waals surface area contributed by atoms with Crippen molar-refractivity contribution in [2.24, 2.45) is 0 Å². The third-order valence-corrected chi connectivity index (χ3v) is 4.24. The zero-order valence-corrected chi connectivity index (χ0v) is 11.6. The molecule has 0 atom stereocenters. The van der Waals surface area contributed by atoms with E-state index in [9.17, 15) is 0 Å². The van der Waals surface area contributed by atoms with Crippen molar-refractivity contribution in [3.05, 3.63) is 10.7 Å². The van der Waals surface area contributed by atoms with Crippen LogP contribution in [0.25, 0.3) is 0 Å². The van der Waals surface area contributed by atoms with Gasteiger partial charge in [0.25, 0.3) is 0 Å². The summed E-state index contributed by atoms with van der Waals surface area (Å²) in [4.78, 5) is 2.45. The lowest BCUT2D eigenvalue weighted by atomic mass is 10.3. The van der Waals surface area contributed by atoms with E-state index in [1.165, 1.54) is 5.69 Å². The van der Waals surface area contributed by atoms with Gasteiger partial charge in [-0.3, -0.25) is 9.58 Å². The molecule has 0 fully saturated rings. The first-order valence-corrected chi connectivity index (χ1v) is 7.27. The molecule has 2 rings (SSSR count). The Morgan fingerprint density at radius 1 is 1.38 bits per heavy atom. The molecule has 2 heterocycles. The first kappa shape index (κ1) is 12.3. The molecule has 0 saturated carbocycles.